The quantitative estimate of drug-likeness (QED) is 0.756. The third kappa shape index (κ3) is 4.61. The number of aromatic nitrogens is 2. The number of rotatable bonds is 5. The number of anilines is 1. The maximum atomic E-state index is 12.7. The number of carbonyl (C=O) groups excluding carboxylic acids is 1. The number of para-hydroxylation sites is 1. The van der Waals surface area contributed by atoms with E-state index in [1.54, 1.807) is 12.1 Å². The Morgan fingerprint density at radius 1 is 0.963 bits per heavy atom. The molecule has 2 aromatic carbocycles. The molecular weight excluding hydrogens is 342 g/mol. The van der Waals surface area contributed by atoms with Gasteiger partial charge in [0, 0.05) is 18.0 Å². The summed E-state index contributed by atoms with van der Waals surface area (Å²) in [5.74, 6) is -0.333. The Bertz CT molecular complexity index is 1060. The van der Waals surface area contributed by atoms with Gasteiger partial charge in [0.15, 0.2) is 0 Å². The second-order valence-electron chi connectivity index (χ2n) is 6.56. The number of nitrogens with zero attached hydrogens (tertiary/aromatic N) is 2. The topological polar surface area (TPSA) is 73.1 Å². The molecule has 0 atom stereocenters. The lowest BCUT2D eigenvalue weighted by Crippen LogP contribution is -2.40. The van der Waals surface area contributed by atoms with Gasteiger partial charge in [-0.05, 0) is 31.5 Å². The van der Waals surface area contributed by atoms with E-state index in [9.17, 15) is 14.4 Å². The van der Waals surface area contributed by atoms with Gasteiger partial charge in [0.2, 0.25) is 5.91 Å². The third-order valence-corrected chi connectivity index (χ3v) is 4.13. The smallest absolute Gasteiger partial charge is 0.325 e. The molecule has 0 aliphatic carbocycles. The average molecular weight is 363 g/mol. The molecule has 0 fully saturated rings. The fraction of sp³-hybridized carbons (Fsp3) is 0.190. The first-order chi connectivity index (χ1) is 12.9. The predicted molar refractivity (Wildman–Crippen MR) is 105 cm³/mol. The van der Waals surface area contributed by atoms with E-state index in [1.165, 1.54) is 16.8 Å². The highest BCUT2D eigenvalue weighted by Crippen LogP contribution is 2.09. The highest BCUT2D eigenvalue weighted by Gasteiger charge is 2.10. The SMILES string of the molecule is Cc1cc(C)cc(Cn2c(=O)ccn(CC(=O)Nc3ccccc3)c2=O)c1. The largest absolute Gasteiger partial charge is 0.331 e. The van der Waals surface area contributed by atoms with Crippen molar-refractivity contribution in [2.24, 2.45) is 0 Å². The average Bonchev–Trinajstić information content (AvgIpc) is 2.61. The molecule has 0 unspecified atom stereocenters. The number of aryl methyl sites for hydroxylation is 2. The molecule has 0 aliphatic rings. The summed E-state index contributed by atoms with van der Waals surface area (Å²) in [6, 6.07) is 16.2. The van der Waals surface area contributed by atoms with Gasteiger partial charge in [0.05, 0.1) is 6.54 Å². The molecule has 1 N–H and O–H groups in total. The first-order valence-electron chi connectivity index (χ1n) is 8.65. The molecule has 3 aromatic rings. The second kappa shape index (κ2) is 7.86. The van der Waals surface area contributed by atoms with Crippen LogP contribution in [-0.2, 0) is 17.9 Å². The van der Waals surface area contributed by atoms with Crippen LogP contribution in [-0.4, -0.2) is 15.0 Å². The van der Waals surface area contributed by atoms with E-state index in [0.717, 1.165) is 21.3 Å². The first-order valence-corrected chi connectivity index (χ1v) is 8.65. The maximum absolute atomic E-state index is 12.7. The van der Waals surface area contributed by atoms with Crippen molar-refractivity contribution < 1.29 is 4.79 Å². The third-order valence-electron chi connectivity index (χ3n) is 4.13. The van der Waals surface area contributed by atoms with Crippen LogP contribution in [0.4, 0.5) is 5.69 Å². The Labute approximate surface area is 156 Å². The van der Waals surface area contributed by atoms with Crippen LogP contribution in [0.5, 0.6) is 0 Å². The van der Waals surface area contributed by atoms with Gasteiger partial charge in [-0.3, -0.25) is 18.7 Å². The molecule has 0 spiro atoms. The van der Waals surface area contributed by atoms with Gasteiger partial charge in [0.25, 0.3) is 5.56 Å². The van der Waals surface area contributed by atoms with E-state index in [2.05, 4.69) is 5.32 Å². The van der Waals surface area contributed by atoms with Gasteiger partial charge in [-0.1, -0.05) is 47.5 Å². The first kappa shape index (κ1) is 18.4. The Hall–Kier alpha value is -3.41. The van der Waals surface area contributed by atoms with Gasteiger partial charge in [0.1, 0.15) is 6.54 Å². The lowest BCUT2D eigenvalue weighted by atomic mass is 10.1. The molecule has 0 saturated carbocycles. The van der Waals surface area contributed by atoms with E-state index in [0.29, 0.717) is 5.69 Å². The van der Waals surface area contributed by atoms with Crippen LogP contribution in [0.3, 0.4) is 0 Å². The summed E-state index contributed by atoms with van der Waals surface area (Å²) < 4.78 is 2.38. The molecule has 6 heteroatoms. The molecular formula is C21H21N3O3. The standard InChI is InChI=1S/C21H21N3O3/c1-15-10-16(2)12-17(11-15)13-24-20(26)8-9-23(21(24)27)14-19(25)22-18-6-4-3-5-7-18/h3-12H,13-14H2,1-2H3,(H,22,25). The zero-order chi connectivity index (χ0) is 19.4. The van der Waals surface area contributed by atoms with Crippen molar-refractivity contribution >= 4 is 11.6 Å². The Morgan fingerprint density at radius 3 is 2.30 bits per heavy atom. The molecule has 6 nitrogen and oxygen atoms in total. The number of nitrogens with one attached hydrogen (secondary N) is 1. The van der Waals surface area contributed by atoms with Gasteiger partial charge < -0.3 is 5.32 Å². The van der Waals surface area contributed by atoms with E-state index in [4.69, 9.17) is 0 Å². The summed E-state index contributed by atoms with van der Waals surface area (Å²) in [4.78, 5) is 37.1. The van der Waals surface area contributed by atoms with Crippen LogP contribution in [0.1, 0.15) is 16.7 Å². The van der Waals surface area contributed by atoms with Crippen molar-refractivity contribution in [1.82, 2.24) is 9.13 Å². The predicted octanol–water partition coefficient (Wildman–Crippen LogP) is 2.31. The van der Waals surface area contributed by atoms with E-state index < -0.39 is 5.69 Å². The van der Waals surface area contributed by atoms with Crippen molar-refractivity contribution in [1.29, 1.82) is 0 Å². The van der Waals surface area contributed by atoms with Crippen LogP contribution < -0.4 is 16.6 Å². The van der Waals surface area contributed by atoms with Crippen LogP contribution in [0.15, 0.2) is 70.4 Å². The van der Waals surface area contributed by atoms with Gasteiger partial charge >= 0.3 is 5.69 Å². The van der Waals surface area contributed by atoms with Crippen LogP contribution in [0.25, 0.3) is 0 Å². The summed E-state index contributed by atoms with van der Waals surface area (Å²) in [5.41, 5.74) is 2.76. The molecule has 1 aromatic heterocycles. The van der Waals surface area contributed by atoms with Gasteiger partial charge in [-0.25, -0.2) is 4.79 Å². The highest BCUT2D eigenvalue weighted by atomic mass is 16.2. The molecule has 1 amide bonds. The summed E-state index contributed by atoms with van der Waals surface area (Å²) in [6.45, 7) is 3.94. The minimum Gasteiger partial charge on any atom is -0.325 e. The van der Waals surface area contributed by atoms with E-state index in [1.807, 2.05) is 50.2 Å². The molecule has 0 aliphatic heterocycles. The summed E-state index contributed by atoms with van der Waals surface area (Å²) >= 11 is 0. The van der Waals surface area contributed by atoms with Gasteiger partial charge in [-0.15, -0.1) is 0 Å². The minimum atomic E-state index is -0.509. The molecule has 27 heavy (non-hydrogen) atoms. The maximum Gasteiger partial charge on any atom is 0.331 e. The van der Waals surface area contributed by atoms with Crippen molar-refractivity contribution in [3.05, 3.63) is 98.3 Å². The molecule has 0 bridgehead atoms. The summed E-state index contributed by atoms with van der Waals surface area (Å²) in [6.07, 6.45) is 1.35. The molecule has 0 radical (unpaired) electrons. The molecule has 1 heterocycles. The zero-order valence-corrected chi connectivity index (χ0v) is 15.3. The van der Waals surface area contributed by atoms with Crippen molar-refractivity contribution in [2.75, 3.05) is 5.32 Å². The molecule has 3 rings (SSSR count). The Balaban J connectivity index is 1.84. The number of benzene rings is 2. The van der Waals surface area contributed by atoms with Crippen molar-refractivity contribution in [2.45, 2.75) is 26.9 Å². The zero-order valence-electron chi connectivity index (χ0n) is 15.3. The number of hydrogen-bond acceptors (Lipinski definition) is 3. The lowest BCUT2D eigenvalue weighted by Gasteiger charge is -2.11. The monoisotopic (exact) mass is 363 g/mol. The summed E-state index contributed by atoms with van der Waals surface area (Å²) in [7, 11) is 0. The normalized spacial score (nSPS) is 10.6. The van der Waals surface area contributed by atoms with Crippen LogP contribution in [0.2, 0.25) is 0 Å². The highest BCUT2D eigenvalue weighted by molar-refractivity contribution is 5.90. The van der Waals surface area contributed by atoms with Crippen LogP contribution in [0, 0.1) is 13.8 Å². The minimum absolute atomic E-state index is 0.166. The number of amides is 1. The Morgan fingerprint density at radius 2 is 1.63 bits per heavy atom. The van der Waals surface area contributed by atoms with E-state index in [-0.39, 0.29) is 24.6 Å². The van der Waals surface area contributed by atoms with Crippen LogP contribution >= 0.6 is 0 Å². The summed E-state index contributed by atoms with van der Waals surface area (Å²) in [5, 5.41) is 2.73. The van der Waals surface area contributed by atoms with Crippen molar-refractivity contribution in [3.8, 4) is 0 Å². The molecule has 0 saturated heterocycles. The lowest BCUT2D eigenvalue weighted by molar-refractivity contribution is -0.116. The van der Waals surface area contributed by atoms with Crippen molar-refractivity contribution in [3.63, 3.8) is 0 Å². The number of hydrogen-bond donors (Lipinski definition) is 1. The molecule has 138 valence electrons. The number of carbonyl (C=O) groups is 1. The van der Waals surface area contributed by atoms with E-state index >= 15 is 0 Å². The second-order valence-corrected chi connectivity index (χ2v) is 6.56. The Kier molecular flexibility index (Phi) is 5.35. The fourth-order valence-electron chi connectivity index (χ4n) is 3.04. The fourth-order valence-corrected chi connectivity index (χ4v) is 3.04. The van der Waals surface area contributed by atoms with Gasteiger partial charge in [-0.2, -0.15) is 0 Å².